The van der Waals surface area contributed by atoms with Crippen molar-refractivity contribution >= 4 is 11.6 Å². The molecule has 0 radical (unpaired) electrons. The Labute approximate surface area is 120 Å². The van der Waals surface area contributed by atoms with Crippen molar-refractivity contribution in [2.45, 2.75) is 45.1 Å². The SMILES string of the molecule is CCC1CCCCC1NC(=O)c1cc(OC)ccc1N. The van der Waals surface area contributed by atoms with Crippen molar-refractivity contribution in [2.75, 3.05) is 12.8 Å². The first-order valence-electron chi connectivity index (χ1n) is 7.40. The largest absolute Gasteiger partial charge is 0.497 e. The summed E-state index contributed by atoms with van der Waals surface area (Å²) in [6.07, 6.45) is 5.84. The van der Waals surface area contributed by atoms with E-state index in [4.69, 9.17) is 10.5 Å². The first-order chi connectivity index (χ1) is 9.65. The lowest BCUT2D eigenvalue weighted by Crippen LogP contribution is -2.42. The van der Waals surface area contributed by atoms with Crippen LogP contribution in [0.1, 0.15) is 49.4 Å². The van der Waals surface area contributed by atoms with E-state index in [9.17, 15) is 4.79 Å². The molecule has 0 aliphatic heterocycles. The molecule has 110 valence electrons. The van der Waals surface area contributed by atoms with Crippen LogP contribution in [0, 0.1) is 5.92 Å². The van der Waals surface area contributed by atoms with Crippen LogP contribution < -0.4 is 15.8 Å². The maximum absolute atomic E-state index is 12.4. The topological polar surface area (TPSA) is 64.3 Å². The highest BCUT2D eigenvalue weighted by molar-refractivity contribution is 5.99. The van der Waals surface area contributed by atoms with Gasteiger partial charge in [0.2, 0.25) is 0 Å². The molecule has 2 rings (SSSR count). The second-order valence-corrected chi connectivity index (χ2v) is 5.49. The highest BCUT2D eigenvalue weighted by Gasteiger charge is 2.25. The lowest BCUT2D eigenvalue weighted by Gasteiger charge is -2.31. The van der Waals surface area contributed by atoms with Crippen molar-refractivity contribution in [1.82, 2.24) is 5.32 Å². The summed E-state index contributed by atoms with van der Waals surface area (Å²) in [7, 11) is 1.58. The number of rotatable bonds is 4. The van der Waals surface area contributed by atoms with Crippen LogP contribution in [0.3, 0.4) is 0 Å². The molecule has 3 N–H and O–H groups in total. The van der Waals surface area contributed by atoms with Crippen molar-refractivity contribution in [2.24, 2.45) is 5.92 Å². The average Bonchev–Trinajstić information content (AvgIpc) is 2.48. The van der Waals surface area contributed by atoms with Crippen LogP contribution >= 0.6 is 0 Å². The highest BCUT2D eigenvalue weighted by Crippen LogP contribution is 2.27. The maximum atomic E-state index is 12.4. The summed E-state index contributed by atoms with van der Waals surface area (Å²) in [5.41, 5.74) is 6.90. The molecule has 2 atom stereocenters. The van der Waals surface area contributed by atoms with Gasteiger partial charge < -0.3 is 15.8 Å². The van der Waals surface area contributed by atoms with E-state index in [-0.39, 0.29) is 11.9 Å². The Hall–Kier alpha value is -1.71. The Balaban J connectivity index is 2.11. The third-order valence-corrected chi connectivity index (χ3v) is 4.26. The number of nitrogens with two attached hydrogens (primary N) is 1. The van der Waals surface area contributed by atoms with Gasteiger partial charge >= 0.3 is 0 Å². The lowest BCUT2D eigenvalue weighted by molar-refractivity contribution is 0.0905. The monoisotopic (exact) mass is 276 g/mol. The minimum atomic E-state index is -0.0910. The number of anilines is 1. The zero-order valence-electron chi connectivity index (χ0n) is 12.3. The minimum Gasteiger partial charge on any atom is -0.497 e. The summed E-state index contributed by atoms with van der Waals surface area (Å²) in [6.45, 7) is 2.19. The Bertz CT molecular complexity index is 474. The van der Waals surface area contributed by atoms with Crippen LogP contribution in [0.15, 0.2) is 18.2 Å². The molecular formula is C16H24N2O2. The summed E-state index contributed by atoms with van der Waals surface area (Å²) in [6, 6.07) is 5.45. The lowest BCUT2D eigenvalue weighted by atomic mass is 9.83. The molecular weight excluding hydrogens is 252 g/mol. The fourth-order valence-electron chi connectivity index (χ4n) is 2.99. The molecule has 2 unspecified atom stereocenters. The zero-order valence-corrected chi connectivity index (χ0v) is 12.3. The van der Waals surface area contributed by atoms with Gasteiger partial charge in [0.1, 0.15) is 5.75 Å². The Morgan fingerprint density at radius 3 is 2.85 bits per heavy atom. The van der Waals surface area contributed by atoms with Crippen LogP contribution in [0.2, 0.25) is 0 Å². The van der Waals surface area contributed by atoms with Crippen molar-refractivity contribution < 1.29 is 9.53 Å². The predicted octanol–water partition coefficient (Wildman–Crippen LogP) is 2.98. The Kier molecular flexibility index (Phi) is 4.88. The van der Waals surface area contributed by atoms with E-state index in [0.717, 1.165) is 12.8 Å². The third-order valence-electron chi connectivity index (χ3n) is 4.26. The molecule has 1 aliphatic carbocycles. The number of hydrogen-bond acceptors (Lipinski definition) is 3. The standard InChI is InChI=1S/C16H24N2O2/c1-3-11-6-4-5-7-15(11)18-16(19)13-10-12(20-2)8-9-14(13)17/h8-11,15H,3-7,17H2,1-2H3,(H,18,19). The Morgan fingerprint density at radius 2 is 2.15 bits per heavy atom. The van der Waals surface area contributed by atoms with Gasteiger partial charge in [-0.3, -0.25) is 4.79 Å². The number of carbonyl (C=O) groups is 1. The fraction of sp³-hybridized carbons (Fsp3) is 0.562. The Morgan fingerprint density at radius 1 is 1.40 bits per heavy atom. The number of ether oxygens (including phenoxy) is 1. The minimum absolute atomic E-state index is 0.0910. The molecule has 4 heteroatoms. The van der Waals surface area contributed by atoms with Gasteiger partial charge in [-0.2, -0.15) is 0 Å². The molecule has 0 bridgehead atoms. The van der Waals surface area contributed by atoms with Crippen LogP contribution in [0.5, 0.6) is 5.75 Å². The smallest absolute Gasteiger partial charge is 0.253 e. The first-order valence-corrected chi connectivity index (χ1v) is 7.40. The van der Waals surface area contributed by atoms with Crippen LogP contribution in [-0.4, -0.2) is 19.1 Å². The van der Waals surface area contributed by atoms with Gasteiger partial charge in [-0.25, -0.2) is 0 Å². The van der Waals surface area contributed by atoms with E-state index in [0.29, 0.717) is 22.9 Å². The van der Waals surface area contributed by atoms with Crippen molar-refractivity contribution in [3.05, 3.63) is 23.8 Å². The number of methoxy groups -OCH3 is 1. The van der Waals surface area contributed by atoms with Gasteiger partial charge in [-0.1, -0.05) is 26.2 Å². The molecule has 1 fully saturated rings. The van der Waals surface area contributed by atoms with E-state index in [1.807, 2.05) is 0 Å². The second-order valence-electron chi connectivity index (χ2n) is 5.49. The third kappa shape index (κ3) is 3.24. The van der Waals surface area contributed by atoms with Gasteiger partial charge in [0.25, 0.3) is 5.91 Å². The number of hydrogen-bond donors (Lipinski definition) is 2. The second kappa shape index (κ2) is 6.64. The van der Waals surface area contributed by atoms with Crippen molar-refractivity contribution in [1.29, 1.82) is 0 Å². The van der Waals surface area contributed by atoms with Crippen LogP contribution in [-0.2, 0) is 0 Å². The molecule has 0 heterocycles. The van der Waals surface area contributed by atoms with Gasteiger partial charge in [0, 0.05) is 11.7 Å². The molecule has 1 aromatic carbocycles. The normalized spacial score (nSPS) is 22.3. The number of benzene rings is 1. The fourth-order valence-corrected chi connectivity index (χ4v) is 2.99. The van der Waals surface area contributed by atoms with Crippen LogP contribution in [0.25, 0.3) is 0 Å². The summed E-state index contributed by atoms with van der Waals surface area (Å²) in [5, 5.41) is 3.15. The van der Waals surface area contributed by atoms with Crippen LogP contribution in [0.4, 0.5) is 5.69 Å². The molecule has 0 saturated heterocycles. The number of nitrogens with one attached hydrogen (secondary N) is 1. The van der Waals surface area contributed by atoms with Crippen molar-refractivity contribution in [3.63, 3.8) is 0 Å². The molecule has 1 aliphatic rings. The summed E-state index contributed by atoms with van der Waals surface area (Å²) >= 11 is 0. The highest BCUT2D eigenvalue weighted by atomic mass is 16.5. The van der Waals surface area contributed by atoms with Gasteiger partial charge in [-0.15, -0.1) is 0 Å². The van der Waals surface area contributed by atoms with E-state index >= 15 is 0 Å². The molecule has 1 amide bonds. The van der Waals surface area contributed by atoms with E-state index in [1.165, 1.54) is 19.3 Å². The first kappa shape index (κ1) is 14.7. The summed E-state index contributed by atoms with van der Waals surface area (Å²) in [5.74, 6) is 1.14. The summed E-state index contributed by atoms with van der Waals surface area (Å²) < 4.78 is 5.16. The quantitative estimate of drug-likeness (QED) is 0.831. The van der Waals surface area contributed by atoms with Crippen molar-refractivity contribution in [3.8, 4) is 5.75 Å². The average molecular weight is 276 g/mol. The molecule has 1 saturated carbocycles. The summed E-state index contributed by atoms with van der Waals surface area (Å²) in [4.78, 5) is 12.4. The molecule has 20 heavy (non-hydrogen) atoms. The van der Waals surface area contributed by atoms with Gasteiger partial charge in [-0.05, 0) is 37.0 Å². The van der Waals surface area contributed by atoms with Gasteiger partial charge in [0.15, 0.2) is 0 Å². The molecule has 4 nitrogen and oxygen atoms in total. The molecule has 0 spiro atoms. The number of amides is 1. The maximum Gasteiger partial charge on any atom is 0.253 e. The van der Waals surface area contributed by atoms with E-state index < -0.39 is 0 Å². The van der Waals surface area contributed by atoms with Gasteiger partial charge in [0.05, 0.1) is 12.7 Å². The molecule has 1 aromatic rings. The predicted molar refractivity (Wildman–Crippen MR) is 80.9 cm³/mol. The van der Waals surface area contributed by atoms with E-state index in [1.54, 1.807) is 25.3 Å². The molecule has 0 aromatic heterocycles. The zero-order chi connectivity index (χ0) is 14.5. The number of nitrogen functional groups attached to an aromatic ring is 1. The van der Waals surface area contributed by atoms with E-state index in [2.05, 4.69) is 12.2 Å². The number of carbonyl (C=O) groups excluding carboxylic acids is 1.